The second kappa shape index (κ2) is 6.29. The first-order valence-electron chi connectivity index (χ1n) is 6.24. The Morgan fingerprint density at radius 3 is 2.65 bits per heavy atom. The van der Waals surface area contributed by atoms with E-state index in [2.05, 4.69) is 15.3 Å². The lowest BCUT2D eigenvalue weighted by Crippen LogP contribution is -2.04. The molecule has 0 bridgehead atoms. The van der Waals surface area contributed by atoms with Gasteiger partial charge in [0.05, 0.1) is 10.6 Å². The minimum Gasteiger partial charge on any atom is -0.437 e. The molecule has 106 valence electrons. The molecular weight excluding hydrogens is 297 g/mol. The standard InChI is InChI=1S/C14H15Cl2N3O/c1-4-11-18-13(17-3)8(2)14(19-11)20-10-7-5-6-9(15)12(10)16/h5-7H,4H2,1-3H3,(H,17,18,19). The van der Waals surface area contributed by atoms with Crippen molar-refractivity contribution in [2.75, 3.05) is 12.4 Å². The number of ether oxygens (including phenoxy) is 1. The van der Waals surface area contributed by atoms with Gasteiger partial charge in [-0.2, -0.15) is 4.98 Å². The molecule has 4 nitrogen and oxygen atoms in total. The third kappa shape index (κ3) is 2.97. The lowest BCUT2D eigenvalue weighted by Gasteiger charge is -2.13. The molecule has 1 heterocycles. The van der Waals surface area contributed by atoms with Gasteiger partial charge in [0.25, 0.3) is 0 Å². The van der Waals surface area contributed by atoms with Gasteiger partial charge in [0.1, 0.15) is 22.4 Å². The number of halogens is 2. The van der Waals surface area contributed by atoms with Gasteiger partial charge in [-0.25, -0.2) is 4.98 Å². The van der Waals surface area contributed by atoms with E-state index >= 15 is 0 Å². The number of hydrogen-bond donors (Lipinski definition) is 1. The minimum atomic E-state index is 0.372. The number of aryl methyl sites for hydroxylation is 1. The first-order valence-corrected chi connectivity index (χ1v) is 6.99. The molecule has 1 aromatic carbocycles. The zero-order chi connectivity index (χ0) is 14.7. The largest absolute Gasteiger partial charge is 0.437 e. The Morgan fingerprint density at radius 1 is 1.25 bits per heavy atom. The Labute approximate surface area is 128 Å². The van der Waals surface area contributed by atoms with Gasteiger partial charge >= 0.3 is 0 Å². The van der Waals surface area contributed by atoms with Crippen LogP contribution in [0.4, 0.5) is 5.82 Å². The van der Waals surface area contributed by atoms with Crippen LogP contribution in [0.1, 0.15) is 18.3 Å². The van der Waals surface area contributed by atoms with E-state index in [9.17, 15) is 0 Å². The fraction of sp³-hybridized carbons (Fsp3) is 0.286. The number of nitrogens with one attached hydrogen (secondary N) is 1. The third-order valence-corrected chi connectivity index (χ3v) is 3.62. The molecule has 0 aliphatic rings. The van der Waals surface area contributed by atoms with Gasteiger partial charge in [0, 0.05) is 13.5 Å². The molecule has 2 aromatic rings. The van der Waals surface area contributed by atoms with E-state index in [1.807, 2.05) is 20.9 Å². The molecule has 0 radical (unpaired) electrons. The summed E-state index contributed by atoms with van der Waals surface area (Å²) in [5, 5.41) is 3.85. The average molecular weight is 312 g/mol. The summed E-state index contributed by atoms with van der Waals surface area (Å²) in [6.07, 6.45) is 0.717. The maximum absolute atomic E-state index is 6.13. The van der Waals surface area contributed by atoms with Crippen molar-refractivity contribution in [2.24, 2.45) is 0 Å². The van der Waals surface area contributed by atoms with E-state index < -0.39 is 0 Å². The Kier molecular flexibility index (Phi) is 4.68. The zero-order valence-electron chi connectivity index (χ0n) is 11.5. The van der Waals surface area contributed by atoms with Crippen molar-refractivity contribution >= 4 is 29.0 Å². The first-order chi connectivity index (χ1) is 9.56. The predicted octanol–water partition coefficient (Wildman–Crippen LogP) is 4.49. The van der Waals surface area contributed by atoms with Crippen molar-refractivity contribution in [1.29, 1.82) is 0 Å². The molecule has 0 aliphatic carbocycles. The highest BCUT2D eigenvalue weighted by molar-refractivity contribution is 6.42. The molecule has 0 aliphatic heterocycles. The summed E-state index contributed by atoms with van der Waals surface area (Å²) in [5.41, 5.74) is 0.820. The minimum absolute atomic E-state index is 0.372. The van der Waals surface area contributed by atoms with Gasteiger partial charge in [-0.15, -0.1) is 0 Å². The number of hydrogen-bond acceptors (Lipinski definition) is 4. The lowest BCUT2D eigenvalue weighted by atomic mass is 10.3. The highest BCUT2D eigenvalue weighted by Gasteiger charge is 2.13. The van der Waals surface area contributed by atoms with Crippen LogP contribution < -0.4 is 10.1 Å². The molecule has 1 N–H and O–H groups in total. The van der Waals surface area contributed by atoms with E-state index in [1.54, 1.807) is 18.2 Å². The van der Waals surface area contributed by atoms with E-state index in [4.69, 9.17) is 27.9 Å². The van der Waals surface area contributed by atoms with Crippen LogP contribution in [0.25, 0.3) is 0 Å². The molecule has 0 saturated heterocycles. The van der Waals surface area contributed by atoms with Crippen LogP contribution in [0.15, 0.2) is 18.2 Å². The van der Waals surface area contributed by atoms with Crippen molar-refractivity contribution in [2.45, 2.75) is 20.3 Å². The van der Waals surface area contributed by atoms with Gasteiger partial charge < -0.3 is 10.1 Å². The summed E-state index contributed by atoms with van der Waals surface area (Å²) in [7, 11) is 1.81. The Bertz CT molecular complexity index is 632. The molecule has 0 unspecified atom stereocenters. The second-order valence-electron chi connectivity index (χ2n) is 4.18. The van der Waals surface area contributed by atoms with Crippen molar-refractivity contribution in [3.8, 4) is 11.6 Å². The number of aromatic nitrogens is 2. The van der Waals surface area contributed by atoms with Gasteiger partial charge in [-0.3, -0.25) is 0 Å². The summed E-state index contributed by atoms with van der Waals surface area (Å²) in [5.74, 6) is 2.40. The summed E-state index contributed by atoms with van der Waals surface area (Å²) < 4.78 is 5.80. The van der Waals surface area contributed by atoms with E-state index in [1.165, 1.54) is 0 Å². The molecule has 0 saturated carbocycles. The van der Waals surface area contributed by atoms with Gasteiger partial charge in [0.15, 0.2) is 0 Å². The van der Waals surface area contributed by atoms with Crippen molar-refractivity contribution in [1.82, 2.24) is 9.97 Å². The normalized spacial score (nSPS) is 10.4. The second-order valence-corrected chi connectivity index (χ2v) is 4.96. The Hall–Kier alpha value is -1.52. The van der Waals surface area contributed by atoms with Crippen LogP contribution in [-0.4, -0.2) is 17.0 Å². The molecule has 0 spiro atoms. The molecule has 2 rings (SSSR count). The number of nitrogens with zero attached hydrogens (tertiary/aromatic N) is 2. The SMILES string of the molecule is CCc1nc(NC)c(C)c(Oc2cccc(Cl)c2Cl)n1. The fourth-order valence-electron chi connectivity index (χ4n) is 1.71. The number of anilines is 1. The third-order valence-electron chi connectivity index (χ3n) is 2.82. The average Bonchev–Trinajstić information content (AvgIpc) is 2.45. The molecule has 0 amide bonds. The molecule has 20 heavy (non-hydrogen) atoms. The van der Waals surface area contributed by atoms with E-state index in [0.29, 0.717) is 33.9 Å². The quantitative estimate of drug-likeness (QED) is 0.903. The summed E-state index contributed by atoms with van der Waals surface area (Å²) >= 11 is 12.1. The maximum atomic E-state index is 6.13. The van der Waals surface area contributed by atoms with E-state index in [-0.39, 0.29) is 0 Å². The van der Waals surface area contributed by atoms with Crippen LogP contribution in [0.3, 0.4) is 0 Å². The smallest absolute Gasteiger partial charge is 0.227 e. The van der Waals surface area contributed by atoms with E-state index in [0.717, 1.165) is 11.4 Å². The highest BCUT2D eigenvalue weighted by atomic mass is 35.5. The molecular formula is C14H15Cl2N3O. The van der Waals surface area contributed by atoms with Crippen molar-refractivity contribution < 1.29 is 4.74 Å². The van der Waals surface area contributed by atoms with Crippen LogP contribution in [0.5, 0.6) is 11.6 Å². The van der Waals surface area contributed by atoms with Crippen molar-refractivity contribution in [3.05, 3.63) is 39.6 Å². The van der Waals surface area contributed by atoms with Gasteiger partial charge in [0.2, 0.25) is 5.88 Å². The predicted molar refractivity (Wildman–Crippen MR) is 82.2 cm³/mol. The number of rotatable bonds is 4. The van der Waals surface area contributed by atoms with Crippen molar-refractivity contribution in [3.63, 3.8) is 0 Å². The van der Waals surface area contributed by atoms with Crippen LogP contribution >= 0.6 is 23.2 Å². The van der Waals surface area contributed by atoms with Crippen LogP contribution in [0, 0.1) is 6.92 Å². The molecule has 0 fully saturated rings. The zero-order valence-corrected chi connectivity index (χ0v) is 13.0. The van der Waals surface area contributed by atoms with Crippen LogP contribution in [-0.2, 0) is 6.42 Å². The Balaban J connectivity index is 2.45. The summed E-state index contributed by atoms with van der Waals surface area (Å²) in [6, 6.07) is 5.24. The monoisotopic (exact) mass is 311 g/mol. The molecule has 1 aromatic heterocycles. The number of benzene rings is 1. The summed E-state index contributed by atoms with van der Waals surface area (Å²) in [4.78, 5) is 8.78. The molecule has 6 heteroatoms. The van der Waals surface area contributed by atoms with Gasteiger partial charge in [-0.05, 0) is 19.1 Å². The van der Waals surface area contributed by atoms with Crippen LogP contribution in [0.2, 0.25) is 10.0 Å². The van der Waals surface area contributed by atoms with Gasteiger partial charge in [-0.1, -0.05) is 36.2 Å². The Morgan fingerprint density at radius 2 is 2.00 bits per heavy atom. The molecule has 0 atom stereocenters. The first kappa shape index (κ1) is 14.9. The lowest BCUT2D eigenvalue weighted by molar-refractivity contribution is 0.455. The summed E-state index contributed by atoms with van der Waals surface area (Å²) in [6.45, 7) is 3.87. The topological polar surface area (TPSA) is 47.0 Å². The maximum Gasteiger partial charge on any atom is 0.227 e. The fourth-order valence-corrected chi connectivity index (χ4v) is 2.04. The highest BCUT2D eigenvalue weighted by Crippen LogP contribution is 2.35.